The Balaban J connectivity index is 2.58. The molecule has 3 amide bonds. The Morgan fingerprint density at radius 1 is 1.29 bits per heavy atom. The molecular weight excluding hydrogens is 290 g/mol. The second-order valence-electron chi connectivity index (χ2n) is 5.49. The molecule has 0 radical (unpaired) electrons. The summed E-state index contributed by atoms with van der Waals surface area (Å²) in [5, 5.41) is 0.529. The van der Waals surface area contributed by atoms with Crippen molar-refractivity contribution in [3.05, 3.63) is 22.3 Å². The van der Waals surface area contributed by atoms with Crippen LogP contribution in [-0.2, 0) is 4.79 Å². The minimum Gasteiger partial charge on any atom is -0.310 e. The van der Waals surface area contributed by atoms with E-state index in [1.165, 1.54) is 4.90 Å². The summed E-state index contributed by atoms with van der Waals surface area (Å²) in [6.07, 6.45) is 0.563. The number of hydrogen-bond donors (Lipinski definition) is 0. The van der Waals surface area contributed by atoms with Crippen molar-refractivity contribution in [3.8, 4) is 0 Å². The minimum atomic E-state index is -0.812. The molecule has 1 aromatic heterocycles. The molecule has 6 heteroatoms. The van der Waals surface area contributed by atoms with Crippen LogP contribution in [-0.4, -0.2) is 33.9 Å². The van der Waals surface area contributed by atoms with E-state index in [9.17, 15) is 9.59 Å². The summed E-state index contributed by atoms with van der Waals surface area (Å²) in [7, 11) is 0. The van der Waals surface area contributed by atoms with E-state index < -0.39 is 5.54 Å². The predicted molar refractivity (Wildman–Crippen MR) is 82.7 cm³/mol. The third-order valence-electron chi connectivity index (χ3n) is 4.21. The zero-order chi connectivity index (χ0) is 15.9. The molecule has 1 fully saturated rings. The van der Waals surface area contributed by atoms with Gasteiger partial charge in [0.05, 0.1) is 10.7 Å². The van der Waals surface area contributed by atoms with Gasteiger partial charge in [0.1, 0.15) is 11.4 Å². The van der Waals surface area contributed by atoms with Crippen molar-refractivity contribution in [2.24, 2.45) is 0 Å². The molecule has 2 heterocycles. The second kappa shape index (κ2) is 5.30. The summed E-state index contributed by atoms with van der Waals surface area (Å²) in [5.74, 6) is 0.150. The van der Waals surface area contributed by atoms with E-state index in [2.05, 4.69) is 4.98 Å². The molecule has 0 aliphatic carbocycles. The van der Waals surface area contributed by atoms with Gasteiger partial charge in [-0.3, -0.25) is 4.79 Å². The molecule has 1 aliphatic rings. The summed E-state index contributed by atoms with van der Waals surface area (Å²) in [4.78, 5) is 32.5. The van der Waals surface area contributed by atoms with Gasteiger partial charge in [0.2, 0.25) is 0 Å². The smallest absolute Gasteiger partial charge is 0.310 e. The van der Waals surface area contributed by atoms with Crippen LogP contribution < -0.4 is 4.90 Å². The Kier molecular flexibility index (Phi) is 3.97. The first-order chi connectivity index (χ1) is 9.77. The van der Waals surface area contributed by atoms with Crippen LogP contribution in [0, 0.1) is 13.8 Å². The SMILES string of the molecule is CCN1C(=O)N(c2nc(C)c(Cl)cc2C)C(=O)C1(C)CC. The average molecular weight is 310 g/mol. The number of aromatic nitrogens is 1. The number of likely N-dealkylation sites (N-methyl/N-ethyl adjacent to an activating group) is 1. The number of pyridine rings is 1. The summed E-state index contributed by atoms with van der Waals surface area (Å²) in [6.45, 7) is 9.62. The van der Waals surface area contributed by atoms with E-state index in [0.29, 0.717) is 35.1 Å². The van der Waals surface area contributed by atoms with Gasteiger partial charge in [-0.2, -0.15) is 0 Å². The van der Waals surface area contributed by atoms with Crippen molar-refractivity contribution in [2.45, 2.75) is 46.6 Å². The van der Waals surface area contributed by atoms with E-state index in [-0.39, 0.29) is 11.9 Å². The third kappa shape index (κ3) is 2.20. The lowest BCUT2D eigenvalue weighted by Gasteiger charge is -2.29. The Labute approximate surface area is 129 Å². The number of rotatable bonds is 3. The van der Waals surface area contributed by atoms with Gasteiger partial charge < -0.3 is 4.90 Å². The van der Waals surface area contributed by atoms with Crippen molar-refractivity contribution >= 4 is 29.4 Å². The summed E-state index contributed by atoms with van der Waals surface area (Å²) in [6, 6.07) is 1.42. The van der Waals surface area contributed by atoms with E-state index in [4.69, 9.17) is 11.6 Å². The number of amides is 3. The molecular formula is C15H20ClN3O2. The molecule has 1 unspecified atom stereocenters. The highest BCUT2D eigenvalue weighted by molar-refractivity contribution is 6.31. The summed E-state index contributed by atoms with van der Waals surface area (Å²) >= 11 is 6.04. The fourth-order valence-electron chi connectivity index (χ4n) is 2.67. The van der Waals surface area contributed by atoms with Gasteiger partial charge in [-0.15, -0.1) is 0 Å². The molecule has 1 atom stereocenters. The number of nitrogens with zero attached hydrogens (tertiary/aromatic N) is 3. The Bertz CT molecular complexity index is 617. The van der Waals surface area contributed by atoms with Gasteiger partial charge in [0, 0.05) is 6.54 Å². The third-order valence-corrected chi connectivity index (χ3v) is 4.60. The molecule has 114 valence electrons. The normalized spacial score (nSPS) is 22.4. The van der Waals surface area contributed by atoms with Gasteiger partial charge >= 0.3 is 6.03 Å². The number of anilines is 1. The zero-order valence-corrected chi connectivity index (χ0v) is 13.8. The first-order valence-corrected chi connectivity index (χ1v) is 7.45. The molecule has 0 N–H and O–H groups in total. The van der Waals surface area contributed by atoms with E-state index in [1.54, 1.807) is 31.7 Å². The molecule has 1 aromatic rings. The van der Waals surface area contributed by atoms with E-state index in [0.717, 1.165) is 0 Å². The number of carbonyl (C=O) groups excluding carboxylic acids is 2. The van der Waals surface area contributed by atoms with Crippen LogP contribution >= 0.6 is 11.6 Å². The lowest BCUT2D eigenvalue weighted by Crippen LogP contribution is -2.46. The topological polar surface area (TPSA) is 53.5 Å². The molecule has 1 aliphatic heterocycles. The molecule has 0 bridgehead atoms. The van der Waals surface area contributed by atoms with Gasteiger partial charge in [-0.1, -0.05) is 18.5 Å². The van der Waals surface area contributed by atoms with Crippen molar-refractivity contribution in [2.75, 3.05) is 11.4 Å². The van der Waals surface area contributed by atoms with Crippen LogP contribution in [0.25, 0.3) is 0 Å². The number of halogens is 1. The van der Waals surface area contributed by atoms with Crippen LogP contribution in [0.5, 0.6) is 0 Å². The first kappa shape index (κ1) is 15.8. The van der Waals surface area contributed by atoms with Crippen LogP contribution in [0.2, 0.25) is 5.02 Å². The van der Waals surface area contributed by atoms with Crippen molar-refractivity contribution in [3.63, 3.8) is 0 Å². The van der Waals surface area contributed by atoms with Crippen molar-refractivity contribution < 1.29 is 9.59 Å². The summed E-state index contributed by atoms with van der Waals surface area (Å²) < 4.78 is 0. The van der Waals surface area contributed by atoms with Crippen LogP contribution in [0.1, 0.15) is 38.4 Å². The largest absolute Gasteiger partial charge is 0.333 e. The van der Waals surface area contributed by atoms with E-state index >= 15 is 0 Å². The quantitative estimate of drug-likeness (QED) is 0.805. The van der Waals surface area contributed by atoms with Gasteiger partial charge in [0.15, 0.2) is 0 Å². The zero-order valence-electron chi connectivity index (χ0n) is 13.0. The average Bonchev–Trinajstić information content (AvgIpc) is 2.62. The fraction of sp³-hybridized carbons (Fsp3) is 0.533. The highest BCUT2D eigenvalue weighted by atomic mass is 35.5. The maximum atomic E-state index is 12.8. The van der Waals surface area contributed by atoms with Crippen LogP contribution in [0.4, 0.5) is 10.6 Å². The van der Waals surface area contributed by atoms with Gasteiger partial charge in [0.25, 0.3) is 5.91 Å². The summed E-state index contributed by atoms with van der Waals surface area (Å²) in [5.41, 5.74) is 0.503. The first-order valence-electron chi connectivity index (χ1n) is 7.07. The minimum absolute atomic E-state index is 0.228. The standard InChI is InChI=1S/C15H20ClN3O2/c1-6-15(5)13(20)19(14(21)18(15)7-2)12-9(3)8-11(16)10(4)17-12/h8H,6-7H2,1-5H3. The predicted octanol–water partition coefficient (Wildman–Crippen LogP) is 3.31. The number of carbonyl (C=O) groups is 2. The Morgan fingerprint density at radius 3 is 2.38 bits per heavy atom. The lowest BCUT2D eigenvalue weighted by molar-refractivity contribution is -0.124. The van der Waals surface area contributed by atoms with Crippen LogP contribution in [0.15, 0.2) is 6.07 Å². The fourth-order valence-corrected chi connectivity index (χ4v) is 2.88. The highest BCUT2D eigenvalue weighted by Crippen LogP contribution is 2.35. The maximum absolute atomic E-state index is 12.8. The molecule has 21 heavy (non-hydrogen) atoms. The number of imide groups is 1. The second-order valence-corrected chi connectivity index (χ2v) is 5.90. The number of urea groups is 1. The van der Waals surface area contributed by atoms with E-state index in [1.807, 2.05) is 13.8 Å². The molecule has 0 saturated carbocycles. The monoisotopic (exact) mass is 309 g/mol. The Hall–Kier alpha value is -1.62. The maximum Gasteiger partial charge on any atom is 0.333 e. The lowest BCUT2D eigenvalue weighted by atomic mass is 9.97. The molecule has 0 aromatic carbocycles. The van der Waals surface area contributed by atoms with Crippen molar-refractivity contribution in [1.29, 1.82) is 0 Å². The highest BCUT2D eigenvalue weighted by Gasteiger charge is 2.53. The van der Waals surface area contributed by atoms with Gasteiger partial charge in [-0.05, 0) is 45.7 Å². The van der Waals surface area contributed by atoms with Gasteiger partial charge in [-0.25, -0.2) is 14.7 Å². The Morgan fingerprint density at radius 2 is 1.90 bits per heavy atom. The molecule has 1 saturated heterocycles. The van der Waals surface area contributed by atoms with Crippen molar-refractivity contribution in [1.82, 2.24) is 9.88 Å². The molecule has 2 rings (SSSR count). The number of hydrogen-bond acceptors (Lipinski definition) is 3. The van der Waals surface area contributed by atoms with Crippen LogP contribution in [0.3, 0.4) is 0 Å². The molecule has 0 spiro atoms. The molecule has 5 nitrogen and oxygen atoms in total. The number of aryl methyl sites for hydroxylation is 2.